The van der Waals surface area contributed by atoms with Crippen molar-refractivity contribution in [1.82, 2.24) is 5.43 Å². The Bertz CT molecular complexity index is 1130. The van der Waals surface area contributed by atoms with Crippen LogP contribution in [0.3, 0.4) is 0 Å². The summed E-state index contributed by atoms with van der Waals surface area (Å²) in [5.41, 5.74) is 4.52. The molecule has 0 spiro atoms. The molecule has 2 N–H and O–H groups in total. The maximum absolute atomic E-state index is 12.5. The van der Waals surface area contributed by atoms with Crippen LogP contribution in [-0.2, 0) is 4.79 Å². The second-order valence-corrected chi connectivity index (χ2v) is 8.00. The van der Waals surface area contributed by atoms with Crippen molar-refractivity contribution >= 4 is 34.5 Å². The minimum Gasteiger partial charge on any atom is -0.496 e. The van der Waals surface area contributed by atoms with E-state index in [1.54, 1.807) is 37.6 Å². The third kappa shape index (κ3) is 4.97. The van der Waals surface area contributed by atoms with Gasteiger partial charge in [0.2, 0.25) is 5.91 Å². The molecule has 3 aromatic carbocycles. The SMILES string of the molecule is COc1ccc2ccccc2c1/C=N/NC(=O)c1ccc(NC(=O)C2CCCCC2)cc1. The highest BCUT2D eigenvalue weighted by Gasteiger charge is 2.21. The van der Waals surface area contributed by atoms with Gasteiger partial charge >= 0.3 is 0 Å². The number of nitrogens with one attached hydrogen (secondary N) is 2. The first-order valence-electron chi connectivity index (χ1n) is 11.0. The fraction of sp³-hybridized carbons (Fsp3) is 0.269. The molecule has 1 aliphatic rings. The second kappa shape index (κ2) is 10.1. The van der Waals surface area contributed by atoms with Crippen LogP contribution in [0, 0.1) is 5.92 Å². The van der Waals surface area contributed by atoms with Crippen molar-refractivity contribution in [3.8, 4) is 5.75 Å². The van der Waals surface area contributed by atoms with Crippen LogP contribution in [0.2, 0.25) is 0 Å². The van der Waals surface area contributed by atoms with E-state index in [0.717, 1.165) is 42.0 Å². The third-order valence-corrected chi connectivity index (χ3v) is 5.90. The topological polar surface area (TPSA) is 79.8 Å². The van der Waals surface area contributed by atoms with Crippen molar-refractivity contribution in [1.29, 1.82) is 0 Å². The maximum Gasteiger partial charge on any atom is 0.271 e. The largest absolute Gasteiger partial charge is 0.496 e. The lowest BCUT2D eigenvalue weighted by atomic mass is 9.88. The number of amides is 2. The van der Waals surface area contributed by atoms with Gasteiger partial charge in [0, 0.05) is 22.7 Å². The Hall–Kier alpha value is -3.67. The van der Waals surface area contributed by atoms with Crippen molar-refractivity contribution in [2.45, 2.75) is 32.1 Å². The standard InChI is InChI=1S/C26H27N3O3/c1-32-24-16-13-18-7-5-6-10-22(18)23(24)17-27-29-26(31)20-11-14-21(15-12-20)28-25(30)19-8-3-2-4-9-19/h5-7,10-17,19H,2-4,8-9H2,1H3,(H,28,30)(H,29,31)/b27-17+. The fourth-order valence-corrected chi connectivity index (χ4v) is 4.12. The molecule has 2 amide bonds. The molecule has 164 valence electrons. The van der Waals surface area contributed by atoms with Gasteiger partial charge in [-0.1, -0.05) is 49.6 Å². The summed E-state index contributed by atoms with van der Waals surface area (Å²) in [6.45, 7) is 0. The smallest absolute Gasteiger partial charge is 0.271 e. The highest BCUT2D eigenvalue weighted by molar-refractivity contribution is 6.03. The predicted octanol–water partition coefficient (Wildman–Crippen LogP) is 5.13. The lowest BCUT2D eigenvalue weighted by Gasteiger charge is -2.20. The zero-order chi connectivity index (χ0) is 22.3. The minimum atomic E-state index is -0.328. The number of hydrogen-bond donors (Lipinski definition) is 2. The van der Waals surface area contributed by atoms with Crippen LogP contribution in [0.5, 0.6) is 5.75 Å². The van der Waals surface area contributed by atoms with Crippen LogP contribution in [0.15, 0.2) is 65.8 Å². The molecule has 1 saturated carbocycles. The maximum atomic E-state index is 12.5. The predicted molar refractivity (Wildman–Crippen MR) is 127 cm³/mol. The Morgan fingerprint density at radius 2 is 1.72 bits per heavy atom. The van der Waals surface area contributed by atoms with Gasteiger partial charge in [-0.2, -0.15) is 5.10 Å². The molecule has 6 nitrogen and oxygen atoms in total. The van der Waals surface area contributed by atoms with Gasteiger partial charge in [0.1, 0.15) is 5.75 Å². The van der Waals surface area contributed by atoms with Crippen LogP contribution < -0.4 is 15.5 Å². The Kier molecular flexibility index (Phi) is 6.80. The quantitative estimate of drug-likeness (QED) is 0.421. The number of benzene rings is 3. The summed E-state index contributed by atoms with van der Waals surface area (Å²) < 4.78 is 5.45. The Morgan fingerprint density at radius 1 is 0.969 bits per heavy atom. The molecule has 0 radical (unpaired) electrons. The average molecular weight is 430 g/mol. The number of ether oxygens (including phenoxy) is 1. The zero-order valence-corrected chi connectivity index (χ0v) is 18.1. The average Bonchev–Trinajstić information content (AvgIpc) is 2.85. The molecule has 1 aliphatic carbocycles. The lowest BCUT2D eigenvalue weighted by Crippen LogP contribution is -2.24. The van der Waals surface area contributed by atoms with Gasteiger partial charge in [-0.15, -0.1) is 0 Å². The van der Waals surface area contributed by atoms with Crippen molar-refractivity contribution in [2.24, 2.45) is 11.0 Å². The third-order valence-electron chi connectivity index (χ3n) is 5.90. The Labute approximate surface area is 187 Å². The van der Waals surface area contributed by atoms with E-state index < -0.39 is 0 Å². The number of carbonyl (C=O) groups is 2. The highest BCUT2D eigenvalue weighted by atomic mass is 16.5. The molecule has 0 aliphatic heterocycles. The van der Waals surface area contributed by atoms with Crippen LogP contribution >= 0.6 is 0 Å². The van der Waals surface area contributed by atoms with Gasteiger partial charge in [-0.25, -0.2) is 5.43 Å². The molecule has 1 fully saturated rings. The minimum absolute atomic E-state index is 0.0653. The van der Waals surface area contributed by atoms with Gasteiger partial charge in [-0.3, -0.25) is 9.59 Å². The van der Waals surface area contributed by atoms with E-state index in [2.05, 4.69) is 15.8 Å². The Morgan fingerprint density at radius 3 is 2.47 bits per heavy atom. The van der Waals surface area contributed by atoms with Crippen molar-refractivity contribution < 1.29 is 14.3 Å². The van der Waals surface area contributed by atoms with E-state index in [1.165, 1.54) is 6.42 Å². The van der Waals surface area contributed by atoms with Gasteiger partial charge < -0.3 is 10.1 Å². The number of hydrogen-bond acceptors (Lipinski definition) is 4. The summed E-state index contributed by atoms with van der Waals surface area (Å²) in [6, 6.07) is 18.6. The van der Waals surface area contributed by atoms with E-state index in [9.17, 15) is 9.59 Å². The van der Waals surface area contributed by atoms with Crippen molar-refractivity contribution in [2.75, 3.05) is 12.4 Å². The number of carbonyl (C=O) groups excluding carboxylic acids is 2. The summed E-state index contributed by atoms with van der Waals surface area (Å²) in [7, 11) is 1.61. The number of anilines is 1. The van der Waals surface area contributed by atoms with Crippen LogP contribution in [0.1, 0.15) is 48.0 Å². The van der Waals surface area contributed by atoms with Crippen molar-refractivity contribution in [3.63, 3.8) is 0 Å². The first kappa shape index (κ1) is 21.6. The first-order valence-corrected chi connectivity index (χ1v) is 11.0. The molecular formula is C26H27N3O3. The molecule has 32 heavy (non-hydrogen) atoms. The van der Waals surface area contributed by atoms with E-state index in [-0.39, 0.29) is 17.7 Å². The van der Waals surface area contributed by atoms with Gasteiger partial charge in [0.05, 0.1) is 13.3 Å². The van der Waals surface area contributed by atoms with E-state index in [0.29, 0.717) is 17.0 Å². The number of fused-ring (bicyclic) bond motifs is 1. The number of nitrogens with zero attached hydrogens (tertiary/aromatic N) is 1. The van der Waals surface area contributed by atoms with Gasteiger partial charge in [-0.05, 0) is 53.9 Å². The molecule has 0 aromatic heterocycles. The normalized spacial score (nSPS) is 14.4. The zero-order valence-electron chi connectivity index (χ0n) is 18.1. The van der Waals surface area contributed by atoms with Crippen LogP contribution in [-0.4, -0.2) is 25.1 Å². The molecule has 0 saturated heterocycles. The van der Waals surface area contributed by atoms with Gasteiger partial charge in [0.25, 0.3) is 5.91 Å². The molecule has 0 unspecified atom stereocenters. The van der Waals surface area contributed by atoms with E-state index in [4.69, 9.17) is 4.74 Å². The molecule has 0 heterocycles. The summed E-state index contributed by atoms with van der Waals surface area (Å²) in [5, 5.41) is 9.14. The first-order chi connectivity index (χ1) is 15.7. The van der Waals surface area contributed by atoms with Crippen LogP contribution in [0.4, 0.5) is 5.69 Å². The molecule has 0 atom stereocenters. The molecule has 3 aromatic rings. The van der Waals surface area contributed by atoms with Gasteiger partial charge in [0.15, 0.2) is 0 Å². The van der Waals surface area contributed by atoms with Crippen molar-refractivity contribution in [3.05, 3.63) is 71.8 Å². The van der Waals surface area contributed by atoms with E-state index >= 15 is 0 Å². The number of hydrazone groups is 1. The number of rotatable bonds is 6. The molecule has 4 rings (SSSR count). The monoisotopic (exact) mass is 429 g/mol. The molecular weight excluding hydrogens is 402 g/mol. The highest BCUT2D eigenvalue weighted by Crippen LogP contribution is 2.27. The number of methoxy groups -OCH3 is 1. The lowest BCUT2D eigenvalue weighted by molar-refractivity contribution is -0.120. The van der Waals surface area contributed by atoms with Crippen LogP contribution in [0.25, 0.3) is 10.8 Å². The summed E-state index contributed by atoms with van der Waals surface area (Å²) in [5.74, 6) is 0.507. The fourth-order valence-electron chi connectivity index (χ4n) is 4.12. The Balaban J connectivity index is 1.40. The molecule has 0 bridgehead atoms. The second-order valence-electron chi connectivity index (χ2n) is 8.00. The summed E-state index contributed by atoms with van der Waals surface area (Å²) >= 11 is 0. The van der Waals surface area contributed by atoms with E-state index in [1.807, 2.05) is 36.4 Å². The summed E-state index contributed by atoms with van der Waals surface area (Å²) in [6.07, 6.45) is 6.93. The summed E-state index contributed by atoms with van der Waals surface area (Å²) in [4.78, 5) is 24.9. The molecule has 6 heteroatoms.